The van der Waals surface area contributed by atoms with Gasteiger partial charge in [0.05, 0.1) is 5.56 Å². The number of hydrogen-bond donors (Lipinski definition) is 2. The maximum atomic E-state index is 10.8. The van der Waals surface area contributed by atoms with Crippen LogP contribution in [0.3, 0.4) is 0 Å². The van der Waals surface area contributed by atoms with Gasteiger partial charge in [-0.2, -0.15) is 0 Å². The topological polar surface area (TPSA) is 72.5 Å². The number of hydrogen-bond acceptors (Lipinski definition) is 3. The van der Waals surface area contributed by atoms with Crippen molar-refractivity contribution in [1.82, 2.24) is 0 Å². The summed E-state index contributed by atoms with van der Waals surface area (Å²) in [6.07, 6.45) is 0. The standard InChI is InChI=1S/C14H13NO3/c15-12-5-2-6-13(8-12)18-9-10-3-1-4-11(7-10)14(16)17/h1-8H,9,15H2,(H,16,17). The summed E-state index contributed by atoms with van der Waals surface area (Å²) in [5.41, 5.74) is 7.32. The van der Waals surface area contributed by atoms with Gasteiger partial charge in [-0.3, -0.25) is 0 Å². The lowest BCUT2D eigenvalue weighted by Gasteiger charge is -2.07. The second-order valence-corrected chi connectivity index (χ2v) is 3.87. The molecular formula is C14H13NO3. The monoisotopic (exact) mass is 243 g/mol. The molecule has 0 aliphatic heterocycles. The van der Waals surface area contributed by atoms with Crippen molar-refractivity contribution in [1.29, 1.82) is 0 Å². The highest BCUT2D eigenvalue weighted by Gasteiger charge is 2.03. The molecule has 0 aliphatic rings. The first kappa shape index (κ1) is 12.0. The summed E-state index contributed by atoms with van der Waals surface area (Å²) in [5, 5.41) is 8.87. The van der Waals surface area contributed by atoms with Crippen LogP contribution < -0.4 is 10.5 Å². The van der Waals surface area contributed by atoms with Gasteiger partial charge in [0.2, 0.25) is 0 Å². The third-order valence-electron chi connectivity index (χ3n) is 2.44. The van der Waals surface area contributed by atoms with Gasteiger partial charge in [-0.1, -0.05) is 18.2 Å². The van der Waals surface area contributed by atoms with E-state index in [0.717, 1.165) is 5.56 Å². The molecular weight excluding hydrogens is 230 g/mol. The summed E-state index contributed by atoms with van der Waals surface area (Å²) < 4.78 is 5.53. The molecule has 0 unspecified atom stereocenters. The molecule has 3 N–H and O–H groups in total. The van der Waals surface area contributed by atoms with Crippen LogP contribution >= 0.6 is 0 Å². The molecule has 0 aromatic heterocycles. The number of nitrogen functional groups attached to an aromatic ring is 1. The first-order valence-corrected chi connectivity index (χ1v) is 5.46. The first-order valence-electron chi connectivity index (χ1n) is 5.46. The van der Waals surface area contributed by atoms with Gasteiger partial charge in [0.15, 0.2) is 0 Å². The van der Waals surface area contributed by atoms with E-state index in [1.54, 1.807) is 42.5 Å². The van der Waals surface area contributed by atoms with Crippen molar-refractivity contribution in [3.05, 3.63) is 59.7 Å². The zero-order valence-corrected chi connectivity index (χ0v) is 9.67. The van der Waals surface area contributed by atoms with E-state index >= 15 is 0 Å². The van der Waals surface area contributed by atoms with Crippen LogP contribution in [0.2, 0.25) is 0 Å². The van der Waals surface area contributed by atoms with Crippen molar-refractivity contribution in [3.8, 4) is 5.75 Å². The largest absolute Gasteiger partial charge is 0.489 e. The number of carbonyl (C=O) groups is 1. The number of benzene rings is 2. The summed E-state index contributed by atoms with van der Waals surface area (Å²) in [6, 6.07) is 13.8. The number of carboxylic acid groups (broad SMARTS) is 1. The molecule has 4 heteroatoms. The fourth-order valence-corrected chi connectivity index (χ4v) is 1.57. The highest BCUT2D eigenvalue weighted by molar-refractivity contribution is 5.87. The van der Waals surface area contributed by atoms with E-state index in [1.165, 1.54) is 0 Å². The molecule has 2 aromatic carbocycles. The van der Waals surface area contributed by atoms with Crippen LogP contribution in [0.5, 0.6) is 5.75 Å². The highest BCUT2D eigenvalue weighted by atomic mass is 16.5. The summed E-state index contributed by atoms with van der Waals surface area (Å²) >= 11 is 0. The van der Waals surface area contributed by atoms with E-state index in [1.807, 2.05) is 6.07 Å². The van der Waals surface area contributed by atoms with E-state index in [4.69, 9.17) is 15.6 Å². The second-order valence-electron chi connectivity index (χ2n) is 3.87. The van der Waals surface area contributed by atoms with E-state index < -0.39 is 5.97 Å². The van der Waals surface area contributed by atoms with Crippen LogP contribution in [0, 0.1) is 0 Å². The minimum absolute atomic E-state index is 0.253. The predicted octanol–water partition coefficient (Wildman–Crippen LogP) is 2.55. The molecule has 2 rings (SSSR count). The Balaban J connectivity index is 2.06. The van der Waals surface area contributed by atoms with Crippen molar-refractivity contribution >= 4 is 11.7 Å². The summed E-state index contributed by atoms with van der Waals surface area (Å²) in [6.45, 7) is 0.310. The zero-order valence-electron chi connectivity index (χ0n) is 9.67. The minimum Gasteiger partial charge on any atom is -0.489 e. The number of aromatic carboxylic acids is 1. The maximum Gasteiger partial charge on any atom is 0.335 e. The van der Waals surface area contributed by atoms with E-state index in [0.29, 0.717) is 18.0 Å². The van der Waals surface area contributed by atoms with Crippen molar-refractivity contribution < 1.29 is 14.6 Å². The van der Waals surface area contributed by atoms with Crippen molar-refractivity contribution in [2.45, 2.75) is 6.61 Å². The Kier molecular flexibility index (Phi) is 3.48. The molecule has 4 nitrogen and oxygen atoms in total. The van der Waals surface area contributed by atoms with Crippen molar-refractivity contribution in [2.24, 2.45) is 0 Å². The molecule has 0 bridgehead atoms. The molecule has 0 radical (unpaired) electrons. The fourth-order valence-electron chi connectivity index (χ4n) is 1.57. The Morgan fingerprint density at radius 3 is 2.67 bits per heavy atom. The van der Waals surface area contributed by atoms with E-state index in [-0.39, 0.29) is 5.56 Å². The number of carboxylic acids is 1. The Bertz CT molecular complexity index is 566. The molecule has 0 amide bonds. The minimum atomic E-state index is -0.944. The fraction of sp³-hybridized carbons (Fsp3) is 0.0714. The van der Waals surface area contributed by atoms with Gasteiger partial charge >= 0.3 is 5.97 Å². The lowest BCUT2D eigenvalue weighted by molar-refractivity contribution is 0.0696. The molecule has 18 heavy (non-hydrogen) atoms. The average molecular weight is 243 g/mol. The van der Waals surface area contributed by atoms with Gasteiger partial charge in [0, 0.05) is 11.8 Å². The first-order chi connectivity index (χ1) is 8.65. The zero-order chi connectivity index (χ0) is 13.0. The van der Waals surface area contributed by atoms with Crippen LogP contribution in [-0.4, -0.2) is 11.1 Å². The normalized spacial score (nSPS) is 10.0. The highest BCUT2D eigenvalue weighted by Crippen LogP contribution is 2.16. The van der Waals surface area contributed by atoms with Crippen molar-refractivity contribution in [2.75, 3.05) is 5.73 Å². The van der Waals surface area contributed by atoms with Crippen LogP contribution in [0.25, 0.3) is 0 Å². The summed E-state index contributed by atoms with van der Waals surface area (Å²) in [5.74, 6) is -0.281. The average Bonchev–Trinajstić information content (AvgIpc) is 2.37. The maximum absolute atomic E-state index is 10.8. The molecule has 92 valence electrons. The lowest BCUT2D eigenvalue weighted by Crippen LogP contribution is -2.00. The quantitative estimate of drug-likeness (QED) is 0.809. The molecule has 0 fully saturated rings. The summed E-state index contributed by atoms with van der Waals surface area (Å²) in [4.78, 5) is 10.8. The molecule has 0 aliphatic carbocycles. The van der Waals surface area contributed by atoms with Gasteiger partial charge in [-0.25, -0.2) is 4.79 Å². The van der Waals surface area contributed by atoms with Gasteiger partial charge in [0.1, 0.15) is 12.4 Å². The second kappa shape index (κ2) is 5.23. The van der Waals surface area contributed by atoms with Crippen LogP contribution in [0.1, 0.15) is 15.9 Å². The molecule has 2 aromatic rings. The molecule has 0 atom stereocenters. The third-order valence-corrected chi connectivity index (χ3v) is 2.44. The summed E-state index contributed by atoms with van der Waals surface area (Å²) in [7, 11) is 0. The van der Waals surface area contributed by atoms with E-state index in [2.05, 4.69) is 0 Å². The number of ether oxygens (including phenoxy) is 1. The predicted molar refractivity (Wildman–Crippen MR) is 68.6 cm³/mol. The Morgan fingerprint density at radius 2 is 1.94 bits per heavy atom. The SMILES string of the molecule is Nc1cccc(OCc2cccc(C(=O)O)c2)c1. The van der Waals surface area contributed by atoms with Gasteiger partial charge in [-0.05, 0) is 29.8 Å². The van der Waals surface area contributed by atoms with Crippen LogP contribution in [0.15, 0.2) is 48.5 Å². The van der Waals surface area contributed by atoms with Crippen molar-refractivity contribution in [3.63, 3.8) is 0 Å². The molecule has 0 saturated carbocycles. The smallest absolute Gasteiger partial charge is 0.335 e. The van der Waals surface area contributed by atoms with Gasteiger partial charge < -0.3 is 15.6 Å². The Morgan fingerprint density at radius 1 is 1.17 bits per heavy atom. The van der Waals surface area contributed by atoms with Crippen LogP contribution in [0.4, 0.5) is 5.69 Å². The number of rotatable bonds is 4. The Labute approximate surface area is 105 Å². The van der Waals surface area contributed by atoms with Gasteiger partial charge in [0.25, 0.3) is 0 Å². The van der Waals surface area contributed by atoms with Crippen LogP contribution in [-0.2, 0) is 6.61 Å². The number of anilines is 1. The lowest BCUT2D eigenvalue weighted by atomic mass is 10.1. The Hall–Kier alpha value is -2.49. The third kappa shape index (κ3) is 3.01. The van der Waals surface area contributed by atoms with Gasteiger partial charge in [-0.15, -0.1) is 0 Å². The van der Waals surface area contributed by atoms with E-state index in [9.17, 15) is 4.79 Å². The molecule has 0 heterocycles. The molecule has 0 saturated heterocycles. The molecule has 0 spiro atoms. The number of nitrogens with two attached hydrogens (primary N) is 1.